The highest BCUT2D eigenvalue weighted by Gasteiger charge is 2.18. The number of sulfonamides is 1. The molecule has 37 heavy (non-hydrogen) atoms. The van der Waals surface area contributed by atoms with Gasteiger partial charge in [-0.1, -0.05) is 36.4 Å². The highest BCUT2D eigenvalue weighted by Crippen LogP contribution is 2.28. The van der Waals surface area contributed by atoms with Crippen LogP contribution in [0.5, 0.6) is 11.5 Å². The van der Waals surface area contributed by atoms with Crippen molar-refractivity contribution in [2.75, 3.05) is 23.8 Å². The number of rotatable bonds is 12. The zero-order valence-electron chi connectivity index (χ0n) is 20.6. The number of anilines is 1. The van der Waals surface area contributed by atoms with Gasteiger partial charge in [-0.15, -0.1) is 0 Å². The molecule has 1 amide bonds. The SMILES string of the molecule is C=CCOc1ccc(/C=N\NC(=O)c2ccc(N(Cc3ccc(Cl)cc3)S(C)(=O)=O)cc2)cc1OCC. The maximum Gasteiger partial charge on any atom is 0.271 e. The van der Waals surface area contributed by atoms with E-state index in [9.17, 15) is 13.2 Å². The van der Waals surface area contributed by atoms with Gasteiger partial charge in [-0.2, -0.15) is 5.10 Å². The average molecular weight is 542 g/mol. The molecule has 3 rings (SSSR count). The van der Waals surface area contributed by atoms with Gasteiger partial charge in [0.1, 0.15) is 6.61 Å². The van der Waals surface area contributed by atoms with Gasteiger partial charge in [0.2, 0.25) is 10.0 Å². The molecule has 0 radical (unpaired) electrons. The number of nitrogens with zero attached hydrogens (tertiary/aromatic N) is 2. The van der Waals surface area contributed by atoms with Gasteiger partial charge in [-0.25, -0.2) is 13.8 Å². The quantitative estimate of drug-likeness (QED) is 0.197. The van der Waals surface area contributed by atoms with Crippen LogP contribution in [0.2, 0.25) is 5.02 Å². The van der Waals surface area contributed by atoms with Crippen LogP contribution in [0.15, 0.2) is 84.5 Å². The molecule has 0 aromatic heterocycles. The fourth-order valence-corrected chi connectivity index (χ4v) is 4.32. The molecule has 1 N–H and O–H groups in total. The third kappa shape index (κ3) is 8.09. The summed E-state index contributed by atoms with van der Waals surface area (Å²) in [4.78, 5) is 12.6. The Kier molecular flexibility index (Phi) is 9.71. The van der Waals surface area contributed by atoms with Crippen LogP contribution >= 0.6 is 11.6 Å². The maximum atomic E-state index is 12.6. The molecule has 0 aliphatic carbocycles. The van der Waals surface area contributed by atoms with Crippen molar-refractivity contribution in [3.05, 3.63) is 101 Å². The van der Waals surface area contributed by atoms with Crippen LogP contribution in [0.25, 0.3) is 0 Å². The predicted octanol–water partition coefficient (Wildman–Crippen LogP) is 5.03. The van der Waals surface area contributed by atoms with Crippen molar-refractivity contribution in [3.63, 3.8) is 0 Å². The van der Waals surface area contributed by atoms with E-state index < -0.39 is 15.9 Å². The Labute approximate surface area is 222 Å². The van der Waals surface area contributed by atoms with Gasteiger partial charge in [0.05, 0.1) is 31.3 Å². The Morgan fingerprint density at radius 1 is 1.05 bits per heavy atom. The van der Waals surface area contributed by atoms with E-state index in [0.29, 0.717) is 46.5 Å². The molecule has 3 aromatic carbocycles. The molecular weight excluding hydrogens is 514 g/mol. The first-order valence-corrected chi connectivity index (χ1v) is 13.6. The summed E-state index contributed by atoms with van der Waals surface area (Å²) in [5.41, 5.74) is 4.71. The first-order valence-electron chi connectivity index (χ1n) is 11.4. The molecule has 0 heterocycles. The molecule has 0 unspecified atom stereocenters. The number of nitrogens with one attached hydrogen (secondary N) is 1. The zero-order chi connectivity index (χ0) is 26.8. The van der Waals surface area contributed by atoms with Crippen LogP contribution in [-0.4, -0.2) is 40.0 Å². The van der Waals surface area contributed by atoms with E-state index in [1.165, 1.54) is 10.5 Å². The van der Waals surface area contributed by atoms with Crippen LogP contribution < -0.4 is 19.2 Å². The van der Waals surface area contributed by atoms with E-state index in [-0.39, 0.29) is 6.54 Å². The molecule has 0 aliphatic rings. The van der Waals surface area contributed by atoms with Crippen molar-refractivity contribution in [3.8, 4) is 11.5 Å². The summed E-state index contributed by atoms with van der Waals surface area (Å²) in [6, 6.07) is 18.5. The minimum absolute atomic E-state index is 0.132. The van der Waals surface area contributed by atoms with Crippen LogP contribution in [0.4, 0.5) is 5.69 Å². The lowest BCUT2D eigenvalue weighted by Gasteiger charge is -2.22. The Balaban J connectivity index is 1.68. The van der Waals surface area contributed by atoms with Gasteiger partial charge in [0.25, 0.3) is 5.91 Å². The molecule has 0 atom stereocenters. The third-order valence-corrected chi connectivity index (χ3v) is 6.45. The summed E-state index contributed by atoms with van der Waals surface area (Å²) in [6.07, 6.45) is 4.27. The summed E-state index contributed by atoms with van der Waals surface area (Å²) in [5.74, 6) is 0.703. The van der Waals surface area contributed by atoms with Gasteiger partial charge in [-0.3, -0.25) is 9.10 Å². The highest BCUT2D eigenvalue weighted by molar-refractivity contribution is 7.92. The minimum Gasteiger partial charge on any atom is -0.490 e. The number of amides is 1. The standard InChI is InChI=1S/C27H28ClN3O5S/c1-4-16-36-25-15-8-21(17-26(25)35-5-2)18-29-30-27(32)22-9-13-24(14-10-22)31(37(3,33)34)19-20-6-11-23(28)12-7-20/h4,6-15,17-18H,1,5,16,19H2,2-3H3,(H,30,32)/b29-18-. The number of ether oxygens (including phenoxy) is 2. The zero-order valence-corrected chi connectivity index (χ0v) is 22.1. The lowest BCUT2D eigenvalue weighted by Crippen LogP contribution is -2.29. The number of hydrogen-bond acceptors (Lipinski definition) is 6. The lowest BCUT2D eigenvalue weighted by molar-refractivity contribution is 0.0955. The van der Waals surface area contributed by atoms with Crippen molar-refractivity contribution < 1.29 is 22.7 Å². The highest BCUT2D eigenvalue weighted by atomic mass is 35.5. The normalized spacial score (nSPS) is 11.2. The van der Waals surface area contributed by atoms with E-state index in [0.717, 1.165) is 11.8 Å². The molecule has 10 heteroatoms. The molecule has 8 nitrogen and oxygen atoms in total. The van der Waals surface area contributed by atoms with Gasteiger partial charge < -0.3 is 9.47 Å². The molecule has 0 saturated heterocycles. The molecule has 0 saturated carbocycles. The van der Waals surface area contributed by atoms with Crippen LogP contribution in [0.3, 0.4) is 0 Å². The molecule has 0 spiro atoms. The molecule has 0 bridgehead atoms. The van der Waals surface area contributed by atoms with Gasteiger partial charge >= 0.3 is 0 Å². The van der Waals surface area contributed by atoms with E-state index >= 15 is 0 Å². The number of hydrazone groups is 1. The number of carbonyl (C=O) groups is 1. The van der Waals surface area contributed by atoms with E-state index in [2.05, 4.69) is 17.1 Å². The van der Waals surface area contributed by atoms with Crippen LogP contribution in [0.1, 0.15) is 28.4 Å². The van der Waals surface area contributed by atoms with E-state index in [1.807, 2.05) is 6.92 Å². The van der Waals surface area contributed by atoms with Gasteiger partial charge in [-0.05, 0) is 72.6 Å². The monoisotopic (exact) mass is 541 g/mol. The summed E-state index contributed by atoms with van der Waals surface area (Å²) in [7, 11) is -3.57. The summed E-state index contributed by atoms with van der Waals surface area (Å²) in [5, 5.41) is 4.58. The minimum atomic E-state index is -3.57. The Hall–Kier alpha value is -3.82. The molecule has 0 aliphatic heterocycles. The Bertz CT molecular complexity index is 1360. The summed E-state index contributed by atoms with van der Waals surface area (Å²) >= 11 is 5.92. The third-order valence-electron chi connectivity index (χ3n) is 5.06. The predicted molar refractivity (Wildman–Crippen MR) is 147 cm³/mol. The number of halogens is 1. The van der Waals surface area contributed by atoms with E-state index in [4.69, 9.17) is 21.1 Å². The van der Waals surface area contributed by atoms with E-state index in [1.54, 1.807) is 72.8 Å². The summed E-state index contributed by atoms with van der Waals surface area (Å²) in [6.45, 7) is 6.46. The fourth-order valence-electron chi connectivity index (χ4n) is 3.31. The Morgan fingerprint density at radius 3 is 2.38 bits per heavy atom. The first-order chi connectivity index (χ1) is 17.7. The van der Waals surface area contributed by atoms with Crippen LogP contribution in [-0.2, 0) is 16.6 Å². The van der Waals surface area contributed by atoms with Gasteiger partial charge in [0, 0.05) is 10.6 Å². The second-order valence-electron chi connectivity index (χ2n) is 7.88. The fraction of sp³-hybridized carbons (Fsp3) is 0.185. The van der Waals surface area contributed by atoms with Gasteiger partial charge in [0.15, 0.2) is 11.5 Å². The van der Waals surface area contributed by atoms with Crippen molar-refractivity contribution in [2.45, 2.75) is 13.5 Å². The largest absolute Gasteiger partial charge is 0.490 e. The molecule has 3 aromatic rings. The average Bonchev–Trinajstić information content (AvgIpc) is 2.87. The molecule has 194 valence electrons. The van der Waals surface area contributed by atoms with Crippen LogP contribution in [0, 0.1) is 0 Å². The topological polar surface area (TPSA) is 97.3 Å². The maximum absolute atomic E-state index is 12.6. The van der Waals surface area contributed by atoms with Crippen molar-refractivity contribution in [1.82, 2.24) is 5.43 Å². The van der Waals surface area contributed by atoms with Crippen molar-refractivity contribution in [1.29, 1.82) is 0 Å². The molecular formula is C27H28ClN3O5S. The second kappa shape index (κ2) is 12.9. The first kappa shape index (κ1) is 27.8. The number of benzene rings is 3. The lowest BCUT2D eigenvalue weighted by atomic mass is 10.2. The molecule has 0 fully saturated rings. The second-order valence-corrected chi connectivity index (χ2v) is 10.2. The Morgan fingerprint density at radius 2 is 1.76 bits per heavy atom. The van der Waals surface area contributed by atoms with Crippen molar-refractivity contribution in [2.24, 2.45) is 5.10 Å². The number of hydrogen-bond donors (Lipinski definition) is 1. The number of carbonyl (C=O) groups excluding carboxylic acids is 1. The van der Waals surface area contributed by atoms with Crippen molar-refractivity contribution >= 4 is 39.4 Å². The smallest absolute Gasteiger partial charge is 0.271 e. The summed E-state index contributed by atoms with van der Waals surface area (Å²) < 4.78 is 37.3.